The van der Waals surface area contributed by atoms with E-state index in [2.05, 4.69) is 34.3 Å². The third-order valence-electron chi connectivity index (χ3n) is 6.54. The molecule has 1 aliphatic carbocycles. The summed E-state index contributed by atoms with van der Waals surface area (Å²) >= 11 is 0. The molecule has 0 radical (unpaired) electrons. The molecule has 28 heavy (non-hydrogen) atoms. The summed E-state index contributed by atoms with van der Waals surface area (Å²) < 4.78 is 5.45. The highest BCUT2D eigenvalue weighted by Crippen LogP contribution is 2.25. The van der Waals surface area contributed by atoms with Crippen molar-refractivity contribution in [2.24, 2.45) is 10.9 Å². The van der Waals surface area contributed by atoms with Gasteiger partial charge >= 0.3 is 0 Å². The van der Waals surface area contributed by atoms with E-state index in [9.17, 15) is 0 Å². The van der Waals surface area contributed by atoms with Crippen molar-refractivity contribution in [2.45, 2.75) is 70.9 Å². The van der Waals surface area contributed by atoms with Crippen LogP contribution in [-0.4, -0.2) is 86.9 Å². The van der Waals surface area contributed by atoms with Gasteiger partial charge in [0.1, 0.15) is 0 Å². The lowest BCUT2D eigenvalue weighted by Crippen LogP contribution is -2.51. The molecule has 0 amide bonds. The van der Waals surface area contributed by atoms with E-state index in [-0.39, 0.29) is 0 Å². The summed E-state index contributed by atoms with van der Waals surface area (Å²) in [7, 11) is 0. The Morgan fingerprint density at radius 3 is 2.43 bits per heavy atom. The number of hydrogen-bond acceptors (Lipinski definition) is 4. The smallest absolute Gasteiger partial charge is 0.191 e. The van der Waals surface area contributed by atoms with Gasteiger partial charge in [-0.3, -0.25) is 9.89 Å². The van der Waals surface area contributed by atoms with Gasteiger partial charge in [0.2, 0.25) is 0 Å². The van der Waals surface area contributed by atoms with Gasteiger partial charge in [0, 0.05) is 57.9 Å². The van der Waals surface area contributed by atoms with E-state index in [1.54, 1.807) is 0 Å². The first-order chi connectivity index (χ1) is 13.7. The molecule has 6 heteroatoms. The Kier molecular flexibility index (Phi) is 9.35. The average Bonchev–Trinajstić information content (AvgIpc) is 2.74. The molecule has 0 spiro atoms. The molecule has 0 aromatic carbocycles. The van der Waals surface area contributed by atoms with Gasteiger partial charge in [0.25, 0.3) is 0 Å². The highest BCUT2D eigenvalue weighted by molar-refractivity contribution is 5.80. The second-order valence-electron chi connectivity index (χ2n) is 8.98. The molecular weight excluding hydrogens is 350 g/mol. The summed E-state index contributed by atoms with van der Waals surface area (Å²) in [5, 5.41) is 7.17. The van der Waals surface area contributed by atoms with Crippen LogP contribution in [0.2, 0.25) is 0 Å². The van der Waals surface area contributed by atoms with Gasteiger partial charge in [0.15, 0.2) is 5.96 Å². The number of aliphatic imine (C=N–C) groups is 1. The second-order valence-corrected chi connectivity index (χ2v) is 8.98. The van der Waals surface area contributed by atoms with Crippen LogP contribution < -0.4 is 10.6 Å². The fourth-order valence-corrected chi connectivity index (χ4v) is 4.90. The van der Waals surface area contributed by atoms with Crippen molar-refractivity contribution in [1.82, 2.24) is 20.4 Å². The summed E-state index contributed by atoms with van der Waals surface area (Å²) in [5.41, 5.74) is 0. The summed E-state index contributed by atoms with van der Waals surface area (Å²) in [6.07, 6.45) is 9.63. The molecule has 2 heterocycles. The van der Waals surface area contributed by atoms with Crippen molar-refractivity contribution >= 4 is 5.96 Å². The zero-order chi connectivity index (χ0) is 19.6. The van der Waals surface area contributed by atoms with Gasteiger partial charge in [0.05, 0.1) is 13.2 Å². The number of rotatable bonds is 7. The van der Waals surface area contributed by atoms with Crippen molar-refractivity contribution in [2.75, 3.05) is 59.0 Å². The van der Waals surface area contributed by atoms with E-state index in [1.165, 1.54) is 58.0 Å². The predicted molar refractivity (Wildman–Crippen MR) is 117 cm³/mol. The standard InChI is InChI=1S/C22H43N5O/c1-3-23-22(24-17-19(2)18-26-13-15-28-16-14-26)25-20-9-11-27(12-10-20)21-7-5-4-6-8-21/h19-21H,3-18H2,1-2H3,(H2,23,24,25). The third-order valence-corrected chi connectivity index (χ3v) is 6.54. The Bertz CT molecular complexity index is 452. The van der Waals surface area contributed by atoms with Gasteiger partial charge in [-0.15, -0.1) is 0 Å². The molecule has 2 saturated heterocycles. The maximum absolute atomic E-state index is 5.45. The number of piperidine rings is 1. The second kappa shape index (κ2) is 12.0. The quantitative estimate of drug-likeness (QED) is 0.513. The summed E-state index contributed by atoms with van der Waals surface area (Å²) in [6, 6.07) is 1.42. The molecule has 3 rings (SSSR count). The molecule has 2 aliphatic heterocycles. The van der Waals surface area contributed by atoms with Crippen LogP contribution in [0.5, 0.6) is 0 Å². The zero-order valence-corrected chi connectivity index (χ0v) is 18.3. The maximum atomic E-state index is 5.45. The Morgan fingerprint density at radius 1 is 1.04 bits per heavy atom. The molecule has 162 valence electrons. The first-order valence-corrected chi connectivity index (χ1v) is 11.8. The fourth-order valence-electron chi connectivity index (χ4n) is 4.90. The Labute approximate surface area is 172 Å². The van der Waals surface area contributed by atoms with Gasteiger partial charge in [-0.05, 0) is 38.5 Å². The molecule has 0 aromatic heterocycles. The summed E-state index contributed by atoms with van der Waals surface area (Å²) in [5.74, 6) is 1.58. The molecule has 1 saturated carbocycles. The Balaban J connectivity index is 1.40. The Morgan fingerprint density at radius 2 is 1.75 bits per heavy atom. The molecule has 6 nitrogen and oxygen atoms in total. The molecule has 2 N–H and O–H groups in total. The molecule has 0 bridgehead atoms. The third kappa shape index (κ3) is 7.20. The van der Waals surface area contributed by atoms with Crippen LogP contribution in [0.1, 0.15) is 58.8 Å². The highest BCUT2D eigenvalue weighted by atomic mass is 16.5. The summed E-state index contributed by atoms with van der Waals surface area (Å²) in [6.45, 7) is 13.7. The van der Waals surface area contributed by atoms with Crippen molar-refractivity contribution in [3.8, 4) is 0 Å². The number of nitrogens with one attached hydrogen (secondary N) is 2. The van der Waals surface area contributed by atoms with Crippen LogP contribution in [0.25, 0.3) is 0 Å². The maximum Gasteiger partial charge on any atom is 0.191 e. The zero-order valence-electron chi connectivity index (χ0n) is 18.3. The minimum absolute atomic E-state index is 0.562. The lowest BCUT2D eigenvalue weighted by molar-refractivity contribution is 0.0323. The van der Waals surface area contributed by atoms with Crippen molar-refractivity contribution < 1.29 is 4.74 Å². The molecule has 1 atom stereocenters. The molecule has 0 aromatic rings. The van der Waals surface area contributed by atoms with E-state index in [0.29, 0.717) is 12.0 Å². The topological polar surface area (TPSA) is 52.1 Å². The minimum Gasteiger partial charge on any atom is -0.379 e. The van der Waals surface area contributed by atoms with Crippen molar-refractivity contribution in [1.29, 1.82) is 0 Å². The Hall–Kier alpha value is -0.850. The van der Waals surface area contributed by atoms with Crippen LogP contribution >= 0.6 is 0 Å². The van der Waals surface area contributed by atoms with Crippen molar-refractivity contribution in [3.05, 3.63) is 0 Å². The van der Waals surface area contributed by atoms with Gasteiger partial charge in [-0.25, -0.2) is 0 Å². The van der Waals surface area contributed by atoms with Crippen LogP contribution in [0.15, 0.2) is 4.99 Å². The van der Waals surface area contributed by atoms with Crippen LogP contribution in [0, 0.1) is 5.92 Å². The molecular formula is C22H43N5O. The van der Waals surface area contributed by atoms with E-state index >= 15 is 0 Å². The molecule has 3 aliphatic rings. The number of morpholine rings is 1. The van der Waals surface area contributed by atoms with Crippen molar-refractivity contribution in [3.63, 3.8) is 0 Å². The molecule has 3 fully saturated rings. The monoisotopic (exact) mass is 393 g/mol. The van der Waals surface area contributed by atoms with Crippen LogP contribution in [0.4, 0.5) is 0 Å². The van der Waals surface area contributed by atoms with Gasteiger partial charge in [-0.1, -0.05) is 26.2 Å². The first-order valence-electron chi connectivity index (χ1n) is 11.8. The number of nitrogens with zero attached hydrogens (tertiary/aromatic N) is 3. The van der Waals surface area contributed by atoms with E-state index < -0.39 is 0 Å². The SMILES string of the molecule is CCNC(=NCC(C)CN1CCOCC1)NC1CCN(C2CCCCC2)CC1. The number of likely N-dealkylation sites (tertiary alicyclic amines) is 1. The highest BCUT2D eigenvalue weighted by Gasteiger charge is 2.26. The van der Waals surface area contributed by atoms with E-state index in [0.717, 1.165) is 57.9 Å². The van der Waals surface area contributed by atoms with Gasteiger partial charge < -0.3 is 20.3 Å². The number of hydrogen-bond donors (Lipinski definition) is 2. The fraction of sp³-hybridized carbons (Fsp3) is 0.955. The number of ether oxygens (including phenoxy) is 1. The first kappa shape index (κ1) is 21.8. The number of guanidine groups is 1. The molecule has 1 unspecified atom stereocenters. The largest absolute Gasteiger partial charge is 0.379 e. The van der Waals surface area contributed by atoms with E-state index in [4.69, 9.17) is 9.73 Å². The van der Waals surface area contributed by atoms with E-state index in [1.807, 2.05) is 0 Å². The lowest BCUT2D eigenvalue weighted by Gasteiger charge is -2.39. The summed E-state index contributed by atoms with van der Waals surface area (Å²) in [4.78, 5) is 10.2. The van der Waals surface area contributed by atoms with Crippen LogP contribution in [0.3, 0.4) is 0 Å². The normalized spacial score (nSPS) is 25.6. The minimum atomic E-state index is 0.562. The average molecular weight is 394 g/mol. The lowest BCUT2D eigenvalue weighted by atomic mass is 9.92. The van der Waals surface area contributed by atoms with Gasteiger partial charge in [-0.2, -0.15) is 0 Å². The predicted octanol–water partition coefficient (Wildman–Crippen LogP) is 2.31. The van der Waals surface area contributed by atoms with Crippen LogP contribution in [-0.2, 0) is 4.74 Å².